The molecular formula is C15H21NO. The number of ketones is 1. The Morgan fingerprint density at radius 3 is 2.41 bits per heavy atom. The minimum atomic E-state index is 0.127. The van der Waals surface area contributed by atoms with Crippen LogP contribution in [-0.2, 0) is 0 Å². The first-order valence-corrected chi connectivity index (χ1v) is 6.54. The van der Waals surface area contributed by atoms with Crippen molar-refractivity contribution in [2.24, 2.45) is 5.92 Å². The SMILES string of the molecule is CC(=O)c1ccc(NC2CCCCC2C)cc1. The second-order valence-electron chi connectivity index (χ2n) is 5.15. The van der Waals surface area contributed by atoms with Crippen LogP contribution in [0.15, 0.2) is 24.3 Å². The third-order valence-electron chi connectivity index (χ3n) is 3.75. The second-order valence-corrected chi connectivity index (χ2v) is 5.15. The molecule has 0 amide bonds. The van der Waals surface area contributed by atoms with Crippen molar-refractivity contribution in [3.63, 3.8) is 0 Å². The highest BCUT2D eigenvalue weighted by Crippen LogP contribution is 2.26. The van der Waals surface area contributed by atoms with Gasteiger partial charge in [0, 0.05) is 17.3 Å². The summed E-state index contributed by atoms with van der Waals surface area (Å²) in [5.74, 6) is 0.874. The van der Waals surface area contributed by atoms with E-state index in [-0.39, 0.29) is 5.78 Å². The van der Waals surface area contributed by atoms with E-state index < -0.39 is 0 Å². The van der Waals surface area contributed by atoms with Gasteiger partial charge in [-0.15, -0.1) is 0 Å². The molecule has 1 saturated carbocycles. The van der Waals surface area contributed by atoms with Crippen LogP contribution in [0.3, 0.4) is 0 Å². The van der Waals surface area contributed by atoms with E-state index in [0.29, 0.717) is 6.04 Å². The van der Waals surface area contributed by atoms with Gasteiger partial charge in [0.05, 0.1) is 0 Å². The fraction of sp³-hybridized carbons (Fsp3) is 0.533. The molecule has 0 heterocycles. The van der Waals surface area contributed by atoms with Gasteiger partial charge in [-0.05, 0) is 49.9 Å². The monoisotopic (exact) mass is 231 g/mol. The molecule has 0 bridgehead atoms. The number of Topliss-reactive ketones (excluding diaryl/α,β-unsaturated/α-hetero) is 1. The normalized spacial score (nSPS) is 24.4. The smallest absolute Gasteiger partial charge is 0.159 e. The maximum absolute atomic E-state index is 11.2. The van der Waals surface area contributed by atoms with Gasteiger partial charge in [0.15, 0.2) is 5.78 Å². The Morgan fingerprint density at radius 2 is 1.82 bits per heavy atom. The van der Waals surface area contributed by atoms with Crippen molar-refractivity contribution in [1.29, 1.82) is 0 Å². The molecule has 1 aromatic rings. The third kappa shape index (κ3) is 3.09. The first kappa shape index (κ1) is 12.2. The number of anilines is 1. The maximum atomic E-state index is 11.2. The Balaban J connectivity index is 2.00. The van der Waals surface area contributed by atoms with Gasteiger partial charge in [-0.25, -0.2) is 0 Å². The van der Waals surface area contributed by atoms with Crippen LogP contribution in [0.1, 0.15) is 49.9 Å². The molecule has 0 aromatic heterocycles. The predicted octanol–water partition coefficient (Wildman–Crippen LogP) is 3.88. The summed E-state index contributed by atoms with van der Waals surface area (Å²) in [6, 6.07) is 8.42. The van der Waals surface area contributed by atoms with E-state index in [4.69, 9.17) is 0 Å². The van der Waals surface area contributed by atoms with Gasteiger partial charge in [0.25, 0.3) is 0 Å². The zero-order chi connectivity index (χ0) is 12.3. The Labute approximate surface area is 103 Å². The van der Waals surface area contributed by atoms with Crippen molar-refractivity contribution in [2.45, 2.75) is 45.6 Å². The first-order valence-electron chi connectivity index (χ1n) is 6.54. The molecule has 0 aliphatic heterocycles. The van der Waals surface area contributed by atoms with Crippen LogP contribution in [0, 0.1) is 5.92 Å². The maximum Gasteiger partial charge on any atom is 0.159 e. The van der Waals surface area contributed by atoms with Crippen LogP contribution < -0.4 is 5.32 Å². The van der Waals surface area contributed by atoms with E-state index in [0.717, 1.165) is 17.2 Å². The van der Waals surface area contributed by atoms with E-state index >= 15 is 0 Å². The molecular weight excluding hydrogens is 210 g/mol. The Kier molecular flexibility index (Phi) is 3.82. The predicted molar refractivity (Wildman–Crippen MR) is 71.5 cm³/mol. The summed E-state index contributed by atoms with van der Waals surface area (Å²) in [6.07, 6.45) is 5.27. The summed E-state index contributed by atoms with van der Waals surface area (Å²) in [5, 5.41) is 3.59. The Bertz CT molecular complexity index is 382. The zero-order valence-corrected chi connectivity index (χ0v) is 10.7. The number of rotatable bonds is 3. The average molecular weight is 231 g/mol. The minimum Gasteiger partial charge on any atom is -0.382 e. The van der Waals surface area contributed by atoms with E-state index in [1.807, 2.05) is 24.3 Å². The van der Waals surface area contributed by atoms with Crippen LogP contribution in [0.4, 0.5) is 5.69 Å². The van der Waals surface area contributed by atoms with Gasteiger partial charge in [0.1, 0.15) is 0 Å². The first-order chi connectivity index (χ1) is 8.16. The summed E-state index contributed by atoms with van der Waals surface area (Å²) in [6.45, 7) is 3.92. The Hall–Kier alpha value is -1.31. The highest BCUT2D eigenvalue weighted by Gasteiger charge is 2.20. The van der Waals surface area contributed by atoms with Crippen molar-refractivity contribution >= 4 is 11.5 Å². The lowest BCUT2D eigenvalue weighted by atomic mass is 9.86. The Morgan fingerprint density at radius 1 is 1.18 bits per heavy atom. The molecule has 1 N–H and O–H groups in total. The van der Waals surface area contributed by atoms with Gasteiger partial charge in [-0.3, -0.25) is 4.79 Å². The van der Waals surface area contributed by atoms with Crippen molar-refractivity contribution in [1.82, 2.24) is 0 Å². The lowest BCUT2D eigenvalue weighted by Gasteiger charge is -2.30. The quantitative estimate of drug-likeness (QED) is 0.800. The summed E-state index contributed by atoms with van der Waals surface area (Å²) in [5.41, 5.74) is 1.92. The van der Waals surface area contributed by atoms with Crippen molar-refractivity contribution in [3.8, 4) is 0 Å². The largest absolute Gasteiger partial charge is 0.382 e. The topological polar surface area (TPSA) is 29.1 Å². The molecule has 1 fully saturated rings. The second kappa shape index (κ2) is 5.35. The highest BCUT2D eigenvalue weighted by atomic mass is 16.1. The number of hydrogen-bond donors (Lipinski definition) is 1. The van der Waals surface area contributed by atoms with Gasteiger partial charge in [0.2, 0.25) is 0 Å². The number of hydrogen-bond acceptors (Lipinski definition) is 2. The molecule has 2 atom stereocenters. The summed E-state index contributed by atoms with van der Waals surface area (Å²) in [7, 11) is 0. The molecule has 1 aromatic carbocycles. The van der Waals surface area contributed by atoms with E-state index in [1.54, 1.807) is 6.92 Å². The van der Waals surface area contributed by atoms with Gasteiger partial charge >= 0.3 is 0 Å². The van der Waals surface area contributed by atoms with Gasteiger partial charge < -0.3 is 5.32 Å². The molecule has 0 spiro atoms. The highest BCUT2D eigenvalue weighted by molar-refractivity contribution is 5.94. The van der Waals surface area contributed by atoms with Crippen LogP contribution in [0.25, 0.3) is 0 Å². The molecule has 2 unspecified atom stereocenters. The van der Waals surface area contributed by atoms with Gasteiger partial charge in [-0.1, -0.05) is 19.8 Å². The van der Waals surface area contributed by atoms with E-state index in [1.165, 1.54) is 25.7 Å². The molecule has 0 saturated heterocycles. The van der Waals surface area contributed by atoms with Crippen LogP contribution in [-0.4, -0.2) is 11.8 Å². The lowest BCUT2D eigenvalue weighted by molar-refractivity contribution is 0.101. The van der Waals surface area contributed by atoms with Crippen LogP contribution in [0.2, 0.25) is 0 Å². The summed E-state index contributed by atoms with van der Waals surface area (Å²) < 4.78 is 0. The lowest BCUT2D eigenvalue weighted by Crippen LogP contribution is -2.30. The van der Waals surface area contributed by atoms with Crippen LogP contribution >= 0.6 is 0 Å². The molecule has 1 aliphatic carbocycles. The van der Waals surface area contributed by atoms with Crippen molar-refractivity contribution < 1.29 is 4.79 Å². The number of carbonyl (C=O) groups is 1. The van der Waals surface area contributed by atoms with Crippen molar-refractivity contribution in [2.75, 3.05) is 5.32 Å². The molecule has 0 radical (unpaired) electrons. The molecule has 2 nitrogen and oxygen atoms in total. The summed E-state index contributed by atoms with van der Waals surface area (Å²) >= 11 is 0. The average Bonchev–Trinajstić information content (AvgIpc) is 2.33. The molecule has 1 aliphatic rings. The molecule has 2 rings (SSSR count). The molecule has 2 heteroatoms. The number of benzene rings is 1. The van der Waals surface area contributed by atoms with Crippen molar-refractivity contribution in [3.05, 3.63) is 29.8 Å². The molecule has 17 heavy (non-hydrogen) atoms. The zero-order valence-electron chi connectivity index (χ0n) is 10.7. The molecule has 92 valence electrons. The number of carbonyl (C=O) groups excluding carboxylic acids is 1. The number of nitrogens with one attached hydrogen (secondary N) is 1. The minimum absolute atomic E-state index is 0.127. The fourth-order valence-electron chi connectivity index (χ4n) is 2.55. The van der Waals surface area contributed by atoms with E-state index in [2.05, 4.69) is 12.2 Å². The standard InChI is InChI=1S/C15H21NO/c1-11-5-3-4-6-15(11)16-14-9-7-13(8-10-14)12(2)17/h7-11,15-16H,3-6H2,1-2H3. The van der Waals surface area contributed by atoms with E-state index in [9.17, 15) is 4.79 Å². The summed E-state index contributed by atoms with van der Waals surface area (Å²) in [4.78, 5) is 11.2. The fourth-order valence-corrected chi connectivity index (χ4v) is 2.55. The third-order valence-corrected chi connectivity index (χ3v) is 3.75. The van der Waals surface area contributed by atoms with Gasteiger partial charge in [-0.2, -0.15) is 0 Å². The van der Waals surface area contributed by atoms with Crippen LogP contribution in [0.5, 0.6) is 0 Å².